The van der Waals surface area contributed by atoms with Gasteiger partial charge in [-0.15, -0.1) is 11.3 Å². The molecule has 0 radical (unpaired) electrons. The summed E-state index contributed by atoms with van der Waals surface area (Å²) in [4.78, 5) is 10.1. The molecule has 1 aliphatic rings. The fourth-order valence-electron chi connectivity index (χ4n) is 3.19. The Kier molecular flexibility index (Phi) is 5.51. The summed E-state index contributed by atoms with van der Waals surface area (Å²) >= 11 is 1.77. The molecule has 0 atom stereocenters. The summed E-state index contributed by atoms with van der Waals surface area (Å²) in [7, 11) is 1.82. The Morgan fingerprint density at radius 1 is 1.25 bits per heavy atom. The van der Waals surface area contributed by atoms with E-state index in [4.69, 9.17) is 0 Å². The van der Waals surface area contributed by atoms with E-state index in [0.29, 0.717) is 0 Å². The van der Waals surface area contributed by atoms with Gasteiger partial charge < -0.3 is 10.6 Å². The number of thiazole rings is 1. The van der Waals surface area contributed by atoms with Gasteiger partial charge in [0.15, 0.2) is 5.96 Å². The number of rotatable bonds is 6. The number of aryl methyl sites for hydroxylation is 1. The topological polar surface area (TPSA) is 49.3 Å². The molecule has 0 amide bonds. The highest BCUT2D eigenvalue weighted by Gasteiger charge is 2.38. The molecule has 0 unspecified atom stereocenters. The second-order valence-corrected chi connectivity index (χ2v) is 7.55. The molecule has 2 N–H and O–H groups in total. The molecule has 128 valence electrons. The first-order valence-corrected chi connectivity index (χ1v) is 9.51. The monoisotopic (exact) mass is 342 g/mol. The van der Waals surface area contributed by atoms with Crippen LogP contribution in [0.1, 0.15) is 41.6 Å². The van der Waals surface area contributed by atoms with Gasteiger partial charge in [0.25, 0.3) is 0 Å². The van der Waals surface area contributed by atoms with E-state index in [1.54, 1.807) is 11.3 Å². The number of nitrogens with one attached hydrogen (secondary N) is 2. The van der Waals surface area contributed by atoms with Crippen LogP contribution in [-0.4, -0.2) is 24.5 Å². The number of hydrogen-bond donors (Lipinski definition) is 2. The standard InChI is InChI=1S/C19H26N4S/c1-3-16-12-21-17(24-16)13-22-18(20-2)23-14-19(10-7-11-19)15-8-5-4-6-9-15/h4-6,8-9,12H,3,7,10-11,13-14H2,1-2H3,(H2,20,22,23). The Morgan fingerprint density at radius 2 is 2.04 bits per heavy atom. The smallest absolute Gasteiger partial charge is 0.191 e. The zero-order valence-corrected chi connectivity index (χ0v) is 15.3. The first-order valence-electron chi connectivity index (χ1n) is 8.69. The van der Waals surface area contributed by atoms with Gasteiger partial charge in [-0.3, -0.25) is 4.99 Å². The first-order chi connectivity index (χ1) is 11.8. The summed E-state index contributed by atoms with van der Waals surface area (Å²) in [6, 6.07) is 10.9. The third kappa shape index (κ3) is 3.78. The Labute approximate surface area is 148 Å². The maximum absolute atomic E-state index is 4.45. The normalized spacial score (nSPS) is 16.5. The van der Waals surface area contributed by atoms with E-state index >= 15 is 0 Å². The fourth-order valence-corrected chi connectivity index (χ4v) is 3.99. The van der Waals surface area contributed by atoms with Crippen molar-refractivity contribution >= 4 is 17.3 Å². The maximum atomic E-state index is 4.45. The van der Waals surface area contributed by atoms with Crippen molar-refractivity contribution in [3.05, 3.63) is 52.0 Å². The van der Waals surface area contributed by atoms with E-state index in [-0.39, 0.29) is 5.41 Å². The molecule has 4 nitrogen and oxygen atoms in total. The largest absolute Gasteiger partial charge is 0.356 e. The first kappa shape index (κ1) is 17.0. The average Bonchev–Trinajstić information content (AvgIpc) is 3.05. The molecule has 1 aromatic carbocycles. The summed E-state index contributed by atoms with van der Waals surface area (Å²) in [5.74, 6) is 0.852. The van der Waals surface area contributed by atoms with Gasteiger partial charge in [0, 0.05) is 30.1 Å². The molecule has 1 aliphatic carbocycles. The number of aliphatic imine (C=N–C) groups is 1. The Morgan fingerprint density at radius 3 is 2.62 bits per heavy atom. The van der Waals surface area contributed by atoms with Gasteiger partial charge >= 0.3 is 0 Å². The summed E-state index contributed by atoms with van der Waals surface area (Å²) < 4.78 is 0. The lowest BCUT2D eigenvalue weighted by Crippen LogP contribution is -2.48. The second-order valence-electron chi connectivity index (χ2n) is 6.35. The molecule has 2 aromatic rings. The van der Waals surface area contributed by atoms with Gasteiger partial charge in [0.2, 0.25) is 0 Å². The van der Waals surface area contributed by atoms with Crippen LogP contribution in [-0.2, 0) is 18.4 Å². The number of benzene rings is 1. The lowest BCUT2D eigenvalue weighted by atomic mass is 9.64. The third-order valence-electron chi connectivity index (χ3n) is 4.87. The minimum absolute atomic E-state index is 0.259. The van der Waals surface area contributed by atoms with E-state index in [9.17, 15) is 0 Å². The SMILES string of the molecule is CCc1cnc(CNC(=NC)NCC2(c3ccccc3)CCC2)s1. The van der Waals surface area contributed by atoms with Gasteiger partial charge in [-0.25, -0.2) is 4.98 Å². The molecular weight excluding hydrogens is 316 g/mol. The molecule has 1 aromatic heterocycles. The van der Waals surface area contributed by atoms with Crippen molar-refractivity contribution in [3.63, 3.8) is 0 Å². The highest BCUT2D eigenvalue weighted by Crippen LogP contribution is 2.43. The molecule has 24 heavy (non-hydrogen) atoms. The van der Waals surface area contributed by atoms with Crippen LogP contribution in [0.5, 0.6) is 0 Å². The van der Waals surface area contributed by atoms with Gasteiger partial charge in [-0.05, 0) is 24.8 Å². The zero-order valence-electron chi connectivity index (χ0n) is 14.5. The van der Waals surface area contributed by atoms with Crippen LogP contribution in [0.4, 0.5) is 0 Å². The van der Waals surface area contributed by atoms with E-state index in [1.807, 2.05) is 13.2 Å². The van der Waals surface area contributed by atoms with E-state index in [1.165, 1.54) is 29.7 Å². The molecule has 0 aliphatic heterocycles. The van der Waals surface area contributed by atoms with Crippen molar-refractivity contribution in [1.82, 2.24) is 15.6 Å². The van der Waals surface area contributed by atoms with Gasteiger partial charge in [0.05, 0.1) is 6.54 Å². The number of hydrogen-bond acceptors (Lipinski definition) is 3. The molecule has 3 rings (SSSR count). The Hall–Kier alpha value is -1.88. The third-order valence-corrected chi connectivity index (χ3v) is 6.01. The molecule has 0 spiro atoms. The van der Waals surface area contributed by atoms with Crippen LogP contribution in [0.15, 0.2) is 41.5 Å². The van der Waals surface area contributed by atoms with Gasteiger partial charge in [-0.1, -0.05) is 43.7 Å². The predicted octanol–water partition coefficient (Wildman–Crippen LogP) is 3.49. The zero-order chi connectivity index (χ0) is 16.8. The van der Waals surface area contributed by atoms with Crippen LogP contribution in [0, 0.1) is 0 Å². The fraction of sp³-hybridized carbons (Fsp3) is 0.474. The molecule has 5 heteroatoms. The highest BCUT2D eigenvalue weighted by molar-refractivity contribution is 7.11. The van der Waals surface area contributed by atoms with Crippen molar-refractivity contribution < 1.29 is 0 Å². The number of aromatic nitrogens is 1. The number of nitrogens with zero attached hydrogens (tertiary/aromatic N) is 2. The van der Waals surface area contributed by atoms with Crippen molar-refractivity contribution in [2.24, 2.45) is 4.99 Å². The summed E-state index contributed by atoms with van der Waals surface area (Å²) in [6.07, 6.45) is 6.81. The van der Waals surface area contributed by atoms with Gasteiger partial charge in [-0.2, -0.15) is 0 Å². The van der Waals surface area contributed by atoms with E-state index in [0.717, 1.165) is 30.5 Å². The molecule has 0 bridgehead atoms. The average molecular weight is 343 g/mol. The van der Waals surface area contributed by atoms with Crippen molar-refractivity contribution in [2.75, 3.05) is 13.6 Å². The van der Waals surface area contributed by atoms with Crippen LogP contribution >= 0.6 is 11.3 Å². The van der Waals surface area contributed by atoms with Crippen molar-refractivity contribution in [3.8, 4) is 0 Å². The maximum Gasteiger partial charge on any atom is 0.191 e. The van der Waals surface area contributed by atoms with Crippen LogP contribution in [0.25, 0.3) is 0 Å². The lowest BCUT2D eigenvalue weighted by molar-refractivity contribution is 0.244. The van der Waals surface area contributed by atoms with Crippen LogP contribution < -0.4 is 10.6 Å². The summed E-state index contributed by atoms with van der Waals surface area (Å²) in [5.41, 5.74) is 1.70. The van der Waals surface area contributed by atoms with E-state index in [2.05, 4.69) is 57.9 Å². The summed E-state index contributed by atoms with van der Waals surface area (Å²) in [6.45, 7) is 3.81. The molecule has 1 heterocycles. The second kappa shape index (κ2) is 7.79. The minimum atomic E-state index is 0.259. The van der Waals surface area contributed by atoms with E-state index < -0.39 is 0 Å². The highest BCUT2D eigenvalue weighted by atomic mass is 32.1. The summed E-state index contributed by atoms with van der Waals surface area (Å²) in [5, 5.41) is 8.01. The number of guanidine groups is 1. The predicted molar refractivity (Wildman–Crippen MR) is 102 cm³/mol. The minimum Gasteiger partial charge on any atom is -0.356 e. The molecule has 1 saturated carbocycles. The van der Waals surface area contributed by atoms with Crippen LogP contribution in [0.2, 0.25) is 0 Å². The van der Waals surface area contributed by atoms with Crippen molar-refractivity contribution in [2.45, 2.75) is 44.6 Å². The molecular formula is C19H26N4S. The lowest BCUT2D eigenvalue weighted by Gasteiger charge is -2.43. The van der Waals surface area contributed by atoms with Gasteiger partial charge in [0.1, 0.15) is 5.01 Å². The molecule has 0 saturated heterocycles. The Bertz CT molecular complexity index is 674. The van der Waals surface area contributed by atoms with Crippen LogP contribution in [0.3, 0.4) is 0 Å². The molecule has 1 fully saturated rings. The quantitative estimate of drug-likeness (QED) is 0.624. The Balaban J connectivity index is 1.55. The van der Waals surface area contributed by atoms with Crippen molar-refractivity contribution in [1.29, 1.82) is 0 Å².